The molecule has 0 saturated carbocycles. The van der Waals surface area contributed by atoms with Gasteiger partial charge in [0.05, 0.1) is 0 Å². The molecule has 1 saturated heterocycles. The van der Waals surface area contributed by atoms with Crippen molar-refractivity contribution in [1.29, 1.82) is 0 Å². The number of rotatable bonds is 8. The van der Waals surface area contributed by atoms with E-state index >= 15 is 0 Å². The van der Waals surface area contributed by atoms with Crippen molar-refractivity contribution in [3.63, 3.8) is 0 Å². The summed E-state index contributed by atoms with van der Waals surface area (Å²) in [5.41, 5.74) is 2.53. The Bertz CT molecular complexity index is 720. The molecule has 0 bridgehead atoms. The van der Waals surface area contributed by atoms with Crippen LogP contribution in [0.15, 0.2) is 48.5 Å². The largest absolute Gasteiger partial charge is 0.491 e. The zero-order valence-electron chi connectivity index (χ0n) is 15.8. The van der Waals surface area contributed by atoms with Gasteiger partial charge in [-0.1, -0.05) is 35.9 Å². The molecule has 1 heterocycles. The number of aliphatic hydroxyl groups excluding tert-OH is 1. The molecule has 0 radical (unpaired) electrons. The van der Waals surface area contributed by atoms with Gasteiger partial charge in [-0.3, -0.25) is 0 Å². The van der Waals surface area contributed by atoms with Crippen LogP contribution in [0.25, 0.3) is 0 Å². The summed E-state index contributed by atoms with van der Waals surface area (Å²) in [6.45, 7) is 5.68. The fourth-order valence-corrected chi connectivity index (χ4v) is 3.38. The average molecular weight is 390 g/mol. The average Bonchev–Trinajstić information content (AvgIpc) is 2.68. The fourth-order valence-electron chi connectivity index (χ4n) is 3.20. The first-order chi connectivity index (χ1) is 13.1. The molecule has 5 nitrogen and oxygen atoms in total. The monoisotopic (exact) mass is 389 g/mol. The van der Waals surface area contributed by atoms with Crippen molar-refractivity contribution >= 4 is 17.3 Å². The van der Waals surface area contributed by atoms with Crippen LogP contribution >= 0.6 is 11.6 Å². The number of anilines is 1. The van der Waals surface area contributed by atoms with Crippen LogP contribution < -0.4 is 15.0 Å². The smallest absolute Gasteiger partial charge is 0.120 e. The van der Waals surface area contributed by atoms with Crippen LogP contribution in [0, 0.1) is 0 Å². The van der Waals surface area contributed by atoms with E-state index in [1.807, 2.05) is 12.1 Å². The summed E-state index contributed by atoms with van der Waals surface area (Å²) >= 11 is 5.94. The van der Waals surface area contributed by atoms with Crippen molar-refractivity contribution in [2.75, 3.05) is 51.3 Å². The first-order valence-electron chi connectivity index (χ1n) is 9.40. The lowest BCUT2D eigenvalue weighted by Gasteiger charge is -2.35. The lowest BCUT2D eigenvalue weighted by molar-refractivity contribution is 0.106. The number of halogens is 1. The molecule has 1 aliphatic heterocycles. The Balaban J connectivity index is 1.46. The van der Waals surface area contributed by atoms with Crippen LogP contribution in [0.1, 0.15) is 5.56 Å². The number of nitrogens with zero attached hydrogens (tertiary/aromatic N) is 2. The van der Waals surface area contributed by atoms with Gasteiger partial charge in [0.2, 0.25) is 0 Å². The lowest BCUT2D eigenvalue weighted by Crippen LogP contribution is -2.45. The van der Waals surface area contributed by atoms with Gasteiger partial charge in [0.1, 0.15) is 18.5 Å². The molecule has 1 atom stereocenters. The molecule has 2 N–H and O–H groups in total. The minimum Gasteiger partial charge on any atom is -0.491 e. The Kier molecular flexibility index (Phi) is 7.35. The van der Waals surface area contributed by atoms with E-state index in [9.17, 15) is 5.11 Å². The van der Waals surface area contributed by atoms with Gasteiger partial charge in [0.25, 0.3) is 0 Å². The predicted octanol–water partition coefficient (Wildman–Crippen LogP) is 2.62. The van der Waals surface area contributed by atoms with Gasteiger partial charge in [-0.15, -0.1) is 0 Å². The Morgan fingerprint density at radius 3 is 2.67 bits per heavy atom. The number of aliphatic hydroxyl groups is 1. The van der Waals surface area contributed by atoms with Gasteiger partial charge in [0.15, 0.2) is 0 Å². The number of piperazine rings is 1. The van der Waals surface area contributed by atoms with Crippen LogP contribution in [0.3, 0.4) is 0 Å². The summed E-state index contributed by atoms with van der Waals surface area (Å²) in [7, 11) is 2.16. The van der Waals surface area contributed by atoms with E-state index in [0.717, 1.165) is 32.7 Å². The number of ether oxygens (including phenoxy) is 1. The second-order valence-corrected chi connectivity index (χ2v) is 7.41. The number of para-hydroxylation sites is 1. The number of nitrogens with one attached hydrogen (secondary N) is 1. The Morgan fingerprint density at radius 1 is 1.11 bits per heavy atom. The predicted molar refractivity (Wildman–Crippen MR) is 111 cm³/mol. The van der Waals surface area contributed by atoms with Crippen LogP contribution in [-0.2, 0) is 6.54 Å². The third-order valence-corrected chi connectivity index (χ3v) is 5.00. The van der Waals surface area contributed by atoms with Crippen molar-refractivity contribution in [2.24, 2.45) is 0 Å². The van der Waals surface area contributed by atoms with E-state index < -0.39 is 6.10 Å². The molecule has 2 aromatic carbocycles. The molecule has 0 spiro atoms. The van der Waals surface area contributed by atoms with Crippen LogP contribution in [0.4, 0.5) is 5.69 Å². The molecule has 0 aliphatic carbocycles. The van der Waals surface area contributed by atoms with E-state index in [4.69, 9.17) is 16.3 Å². The molecule has 0 aromatic heterocycles. The highest BCUT2D eigenvalue weighted by atomic mass is 35.5. The molecule has 3 rings (SSSR count). The van der Waals surface area contributed by atoms with Crippen LogP contribution in [-0.4, -0.2) is 62.5 Å². The number of hydrogen-bond donors (Lipinski definition) is 2. The van der Waals surface area contributed by atoms with Gasteiger partial charge in [0, 0.05) is 50.0 Å². The van der Waals surface area contributed by atoms with E-state index in [0.29, 0.717) is 17.3 Å². The standard InChI is InChI=1S/C21H28ClN3O2/c1-24-9-11-25(12-10-24)21-8-3-2-5-17(21)14-23-15-19(26)16-27-20-7-4-6-18(22)13-20/h2-8,13,19,23,26H,9-12,14-16H2,1H3. The van der Waals surface area contributed by atoms with E-state index in [-0.39, 0.29) is 6.61 Å². The molecule has 6 heteroatoms. The molecule has 146 valence electrons. The summed E-state index contributed by atoms with van der Waals surface area (Å²) in [4.78, 5) is 4.79. The van der Waals surface area contributed by atoms with Gasteiger partial charge < -0.3 is 25.0 Å². The maximum Gasteiger partial charge on any atom is 0.120 e. The quantitative estimate of drug-likeness (QED) is 0.726. The molecule has 2 aromatic rings. The third kappa shape index (κ3) is 6.11. The number of benzene rings is 2. The van der Waals surface area contributed by atoms with E-state index in [2.05, 4.69) is 46.4 Å². The fraction of sp³-hybridized carbons (Fsp3) is 0.429. The van der Waals surface area contributed by atoms with E-state index in [1.165, 1.54) is 11.3 Å². The summed E-state index contributed by atoms with van der Waals surface area (Å²) in [6, 6.07) is 15.7. The summed E-state index contributed by atoms with van der Waals surface area (Å²) in [5, 5.41) is 14.1. The van der Waals surface area contributed by atoms with Gasteiger partial charge in [-0.05, 0) is 36.9 Å². The van der Waals surface area contributed by atoms with Crippen molar-refractivity contribution < 1.29 is 9.84 Å². The number of hydrogen-bond acceptors (Lipinski definition) is 5. The highest BCUT2D eigenvalue weighted by Gasteiger charge is 2.16. The topological polar surface area (TPSA) is 48.0 Å². The maximum atomic E-state index is 10.2. The normalized spacial score (nSPS) is 16.3. The third-order valence-electron chi connectivity index (χ3n) is 4.77. The molecule has 1 fully saturated rings. The zero-order chi connectivity index (χ0) is 19.1. The SMILES string of the molecule is CN1CCN(c2ccccc2CNCC(O)COc2cccc(Cl)c2)CC1. The van der Waals surface area contributed by atoms with E-state index in [1.54, 1.807) is 12.1 Å². The van der Waals surface area contributed by atoms with Gasteiger partial charge in [-0.2, -0.15) is 0 Å². The Morgan fingerprint density at radius 2 is 1.89 bits per heavy atom. The second-order valence-electron chi connectivity index (χ2n) is 6.97. The highest BCUT2D eigenvalue weighted by Crippen LogP contribution is 2.21. The Labute approximate surface area is 166 Å². The second kappa shape index (κ2) is 9.95. The van der Waals surface area contributed by atoms with Gasteiger partial charge in [-0.25, -0.2) is 0 Å². The summed E-state index contributed by atoms with van der Waals surface area (Å²) in [5.74, 6) is 0.668. The Hall–Kier alpha value is -1.79. The first kappa shape index (κ1) is 20.0. The molecule has 1 aliphatic rings. The minimum atomic E-state index is -0.584. The van der Waals surface area contributed by atoms with Gasteiger partial charge >= 0.3 is 0 Å². The number of likely N-dealkylation sites (N-methyl/N-ethyl adjacent to an activating group) is 1. The zero-order valence-corrected chi connectivity index (χ0v) is 16.5. The molecular formula is C21H28ClN3O2. The lowest BCUT2D eigenvalue weighted by atomic mass is 10.1. The van der Waals surface area contributed by atoms with Crippen LogP contribution in [0.2, 0.25) is 5.02 Å². The molecular weight excluding hydrogens is 362 g/mol. The highest BCUT2D eigenvalue weighted by molar-refractivity contribution is 6.30. The van der Waals surface area contributed by atoms with Crippen LogP contribution in [0.5, 0.6) is 5.75 Å². The molecule has 27 heavy (non-hydrogen) atoms. The minimum absolute atomic E-state index is 0.230. The summed E-state index contributed by atoms with van der Waals surface area (Å²) < 4.78 is 5.59. The van der Waals surface area contributed by atoms with Crippen molar-refractivity contribution in [2.45, 2.75) is 12.6 Å². The molecule has 1 unspecified atom stereocenters. The first-order valence-corrected chi connectivity index (χ1v) is 9.78. The molecule has 0 amide bonds. The maximum absolute atomic E-state index is 10.2. The van der Waals surface area contributed by atoms with Crippen molar-refractivity contribution in [1.82, 2.24) is 10.2 Å². The summed E-state index contributed by atoms with van der Waals surface area (Å²) in [6.07, 6.45) is -0.584. The van der Waals surface area contributed by atoms with Crippen molar-refractivity contribution in [3.8, 4) is 5.75 Å². The van der Waals surface area contributed by atoms with Crippen molar-refractivity contribution in [3.05, 3.63) is 59.1 Å².